The van der Waals surface area contributed by atoms with Gasteiger partial charge in [-0.25, -0.2) is 17.8 Å². The predicted molar refractivity (Wildman–Crippen MR) is 72.9 cm³/mol. The maximum absolute atomic E-state index is 13.6. The maximum Gasteiger partial charge on any atom is 0.263 e. The van der Waals surface area contributed by atoms with Crippen LogP contribution >= 0.6 is 0 Å². The van der Waals surface area contributed by atoms with E-state index in [0.29, 0.717) is 18.4 Å². The van der Waals surface area contributed by atoms with Crippen molar-refractivity contribution in [3.8, 4) is 0 Å². The fourth-order valence-corrected chi connectivity index (χ4v) is 4.93. The molecule has 110 valence electrons. The molecule has 2 aliphatic rings. The van der Waals surface area contributed by atoms with Gasteiger partial charge in [-0.1, -0.05) is 6.42 Å². The highest BCUT2D eigenvalue weighted by Gasteiger charge is 2.41. The average Bonchev–Trinajstić information content (AvgIpc) is 3.01. The molecule has 3 rings (SSSR count). The molecule has 0 saturated heterocycles. The molecular weight excluding hydrogens is 279 g/mol. The molecule has 0 amide bonds. The van der Waals surface area contributed by atoms with Gasteiger partial charge >= 0.3 is 0 Å². The zero-order valence-electron chi connectivity index (χ0n) is 11.5. The minimum absolute atomic E-state index is 0.417. The molecule has 4 nitrogen and oxygen atoms in total. The van der Waals surface area contributed by atoms with Crippen molar-refractivity contribution in [1.82, 2.24) is 9.29 Å². The van der Waals surface area contributed by atoms with Crippen molar-refractivity contribution < 1.29 is 12.8 Å². The second kappa shape index (κ2) is 5.07. The number of fused-ring (bicyclic) bond motifs is 2. The van der Waals surface area contributed by atoms with Crippen LogP contribution in [0.2, 0.25) is 0 Å². The minimum Gasteiger partial charge on any atom is -0.241 e. The van der Waals surface area contributed by atoms with Crippen LogP contribution in [0.15, 0.2) is 23.4 Å². The van der Waals surface area contributed by atoms with Gasteiger partial charge in [-0.2, -0.15) is 4.31 Å². The summed E-state index contributed by atoms with van der Waals surface area (Å²) in [5.74, 6) is 1.05. The van der Waals surface area contributed by atoms with E-state index in [1.165, 1.54) is 42.9 Å². The van der Waals surface area contributed by atoms with Crippen LogP contribution in [0.25, 0.3) is 0 Å². The van der Waals surface area contributed by atoms with E-state index in [4.69, 9.17) is 0 Å². The third-order valence-electron chi connectivity index (χ3n) is 4.76. The summed E-state index contributed by atoms with van der Waals surface area (Å²) in [5.41, 5.74) is 0. The Morgan fingerprint density at radius 2 is 2.20 bits per heavy atom. The Kier molecular flexibility index (Phi) is 3.54. The van der Waals surface area contributed by atoms with Gasteiger partial charge in [0.2, 0.25) is 5.03 Å². The topological polar surface area (TPSA) is 50.3 Å². The number of pyridine rings is 1. The fraction of sp³-hybridized carbons (Fsp3) is 0.643. The normalized spacial score (nSPS) is 29.2. The smallest absolute Gasteiger partial charge is 0.241 e. The third kappa shape index (κ3) is 2.35. The van der Waals surface area contributed by atoms with Crippen LogP contribution in [0.3, 0.4) is 0 Å². The molecule has 0 aromatic carbocycles. The summed E-state index contributed by atoms with van der Waals surface area (Å²) in [6, 6.07) is 2.52. The van der Waals surface area contributed by atoms with Gasteiger partial charge in [0.1, 0.15) is 0 Å². The Labute approximate surface area is 119 Å². The van der Waals surface area contributed by atoms with Crippen LogP contribution in [0.1, 0.15) is 25.7 Å². The molecule has 2 fully saturated rings. The van der Waals surface area contributed by atoms with Gasteiger partial charge in [0.15, 0.2) is 5.82 Å². The average molecular weight is 298 g/mol. The molecule has 0 N–H and O–H groups in total. The summed E-state index contributed by atoms with van der Waals surface area (Å²) in [5, 5.41) is -0.467. The summed E-state index contributed by atoms with van der Waals surface area (Å²) in [4.78, 5) is 3.69. The predicted octanol–water partition coefficient (Wildman–Crippen LogP) is 2.28. The first kappa shape index (κ1) is 13.9. The Hall–Kier alpha value is -1.01. The zero-order valence-corrected chi connectivity index (χ0v) is 12.3. The number of hydrogen-bond acceptors (Lipinski definition) is 3. The van der Waals surface area contributed by atoms with Crippen LogP contribution < -0.4 is 0 Å². The third-order valence-corrected chi connectivity index (χ3v) is 6.51. The number of halogens is 1. The van der Waals surface area contributed by atoms with Crippen LogP contribution in [-0.2, 0) is 10.0 Å². The van der Waals surface area contributed by atoms with Crippen molar-refractivity contribution in [3.05, 3.63) is 24.1 Å². The first-order valence-electron chi connectivity index (χ1n) is 7.05. The van der Waals surface area contributed by atoms with E-state index in [2.05, 4.69) is 4.98 Å². The Morgan fingerprint density at radius 3 is 2.80 bits per heavy atom. The van der Waals surface area contributed by atoms with Gasteiger partial charge in [-0.05, 0) is 49.1 Å². The molecule has 0 aliphatic heterocycles. The minimum atomic E-state index is -3.83. The van der Waals surface area contributed by atoms with E-state index in [-0.39, 0.29) is 0 Å². The highest BCUT2D eigenvalue weighted by atomic mass is 32.2. The second-order valence-corrected chi connectivity index (χ2v) is 7.97. The molecule has 1 aromatic heterocycles. The van der Waals surface area contributed by atoms with E-state index < -0.39 is 20.9 Å². The summed E-state index contributed by atoms with van der Waals surface area (Å²) in [7, 11) is -2.30. The first-order chi connectivity index (χ1) is 9.48. The summed E-state index contributed by atoms with van der Waals surface area (Å²) < 4.78 is 39.6. The molecule has 0 spiro atoms. The number of rotatable bonds is 4. The standard InChI is InChI=1S/C14H19FN2O2S/c1-17(9-12-8-10-4-5-11(12)7-10)20(18,19)14-13(15)3-2-6-16-14/h2-3,6,10-12H,4-5,7-9H2,1H3. The summed E-state index contributed by atoms with van der Waals surface area (Å²) in [6.45, 7) is 0.472. The molecule has 2 aliphatic carbocycles. The van der Waals surface area contributed by atoms with Crippen LogP contribution in [-0.4, -0.2) is 31.3 Å². The van der Waals surface area contributed by atoms with Crippen molar-refractivity contribution in [2.75, 3.05) is 13.6 Å². The summed E-state index contributed by atoms with van der Waals surface area (Å²) >= 11 is 0. The van der Waals surface area contributed by atoms with E-state index in [9.17, 15) is 12.8 Å². The molecular formula is C14H19FN2O2S. The van der Waals surface area contributed by atoms with Gasteiger partial charge in [-0.15, -0.1) is 0 Å². The molecule has 1 heterocycles. The second-order valence-electron chi connectivity index (χ2n) is 6.01. The van der Waals surface area contributed by atoms with Gasteiger partial charge in [0.25, 0.3) is 10.0 Å². The summed E-state index contributed by atoms with van der Waals surface area (Å²) in [6.07, 6.45) is 6.14. The van der Waals surface area contributed by atoms with Crippen LogP contribution in [0, 0.1) is 23.6 Å². The number of aromatic nitrogens is 1. The van der Waals surface area contributed by atoms with E-state index in [0.717, 1.165) is 18.4 Å². The molecule has 2 saturated carbocycles. The largest absolute Gasteiger partial charge is 0.263 e. The Bertz CT molecular complexity index is 605. The van der Waals surface area contributed by atoms with E-state index >= 15 is 0 Å². The monoisotopic (exact) mass is 298 g/mol. The molecule has 3 unspecified atom stereocenters. The molecule has 6 heteroatoms. The van der Waals surface area contributed by atoms with Crippen molar-refractivity contribution >= 4 is 10.0 Å². The molecule has 20 heavy (non-hydrogen) atoms. The quantitative estimate of drug-likeness (QED) is 0.857. The first-order valence-corrected chi connectivity index (χ1v) is 8.49. The lowest BCUT2D eigenvalue weighted by Crippen LogP contribution is -2.34. The lowest BCUT2D eigenvalue weighted by atomic mass is 9.89. The van der Waals surface area contributed by atoms with Gasteiger partial charge in [-0.3, -0.25) is 0 Å². The zero-order chi connectivity index (χ0) is 14.3. The molecule has 0 radical (unpaired) electrons. The molecule has 3 atom stereocenters. The van der Waals surface area contributed by atoms with Crippen LogP contribution in [0.4, 0.5) is 4.39 Å². The van der Waals surface area contributed by atoms with Crippen molar-refractivity contribution in [1.29, 1.82) is 0 Å². The van der Waals surface area contributed by atoms with Crippen molar-refractivity contribution in [2.45, 2.75) is 30.7 Å². The highest BCUT2D eigenvalue weighted by Crippen LogP contribution is 2.48. The van der Waals surface area contributed by atoms with Gasteiger partial charge in [0.05, 0.1) is 0 Å². The lowest BCUT2D eigenvalue weighted by Gasteiger charge is -2.26. The number of hydrogen-bond donors (Lipinski definition) is 0. The molecule has 2 bridgehead atoms. The maximum atomic E-state index is 13.6. The van der Waals surface area contributed by atoms with Crippen LogP contribution in [0.5, 0.6) is 0 Å². The Morgan fingerprint density at radius 1 is 1.40 bits per heavy atom. The van der Waals surface area contributed by atoms with E-state index in [1.807, 2.05) is 0 Å². The Balaban J connectivity index is 1.76. The van der Waals surface area contributed by atoms with Gasteiger partial charge < -0.3 is 0 Å². The fourth-order valence-electron chi connectivity index (χ4n) is 3.74. The van der Waals surface area contributed by atoms with Crippen molar-refractivity contribution in [2.24, 2.45) is 17.8 Å². The van der Waals surface area contributed by atoms with E-state index in [1.54, 1.807) is 0 Å². The molecule has 1 aromatic rings. The van der Waals surface area contributed by atoms with Crippen molar-refractivity contribution in [3.63, 3.8) is 0 Å². The highest BCUT2D eigenvalue weighted by molar-refractivity contribution is 7.89. The number of nitrogens with zero attached hydrogens (tertiary/aromatic N) is 2. The lowest BCUT2D eigenvalue weighted by molar-refractivity contribution is 0.279. The number of sulfonamides is 1. The van der Waals surface area contributed by atoms with Gasteiger partial charge in [0, 0.05) is 19.8 Å². The SMILES string of the molecule is CN(CC1CC2CCC1C2)S(=O)(=O)c1ncccc1F.